The molecule has 140 valence electrons. The number of amides is 1. The lowest BCUT2D eigenvalue weighted by Crippen LogP contribution is -2.22. The van der Waals surface area contributed by atoms with Gasteiger partial charge in [0.2, 0.25) is 5.91 Å². The SMILES string of the molecule is C=CC(=O)NCc1nc2ccccc2n1CCCOc1ccc(CC)cc1. The number of nitrogens with zero attached hydrogens (tertiary/aromatic N) is 2. The van der Waals surface area contributed by atoms with E-state index in [1.807, 2.05) is 36.4 Å². The second kappa shape index (κ2) is 9.03. The highest BCUT2D eigenvalue weighted by Crippen LogP contribution is 2.17. The molecule has 0 unspecified atom stereocenters. The van der Waals surface area contributed by atoms with Crippen molar-refractivity contribution in [1.82, 2.24) is 14.9 Å². The van der Waals surface area contributed by atoms with E-state index in [2.05, 4.69) is 40.5 Å². The van der Waals surface area contributed by atoms with Gasteiger partial charge < -0.3 is 14.6 Å². The summed E-state index contributed by atoms with van der Waals surface area (Å²) in [5.41, 5.74) is 3.29. The molecule has 3 rings (SSSR count). The molecule has 0 fully saturated rings. The smallest absolute Gasteiger partial charge is 0.243 e. The Kier molecular flexibility index (Phi) is 6.26. The first-order valence-electron chi connectivity index (χ1n) is 9.27. The maximum absolute atomic E-state index is 11.5. The van der Waals surface area contributed by atoms with Crippen LogP contribution < -0.4 is 10.1 Å². The normalized spacial score (nSPS) is 10.7. The molecule has 1 N–H and O–H groups in total. The number of ether oxygens (including phenoxy) is 1. The number of imidazole rings is 1. The van der Waals surface area contributed by atoms with Crippen LogP contribution in [0.25, 0.3) is 11.0 Å². The Balaban J connectivity index is 1.63. The second-order valence-electron chi connectivity index (χ2n) is 6.29. The van der Waals surface area contributed by atoms with Crippen molar-refractivity contribution in [2.24, 2.45) is 0 Å². The summed E-state index contributed by atoms with van der Waals surface area (Å²) in [5.74, 6) is 1.52. The first kappa shape index (κ1) is 18.7. The Labute approximate surface area is 159 Å². The van der Waals surface area contributed by atoms with Crippen molar-refractivity contribution >= 4 is 16.9 Å². The summed E-state index contributed by atoms with van der Waals surface area (Å²) in [6.45, 7) is 7.39. The molecule has 0 aliphatic heterocycles. The molecule has 0 atom stereocenters. The number of para-hydroxylation sites is 2. The minimum Gasteiger partial charge on any atom is -0.494 e. The summed E-state index contributed by atoms with van der Waals surface area (Å²) in [6, 6.07) is 16.2. The summed E-state index contributed by atoms with van der Waals surface area (Å²) in [4.78, 5) is 16.1. The first-order valence-corrected chi connectivity index (χ1v) is 9.27. The molecule has 0 spiro atoms. The van der Waals surface area contributed by atoms with E-state index >= 15 is 0 Å². The van der Waals surface area contributed by atoms with Crippen LogP contribution in [0.15, 0.2) is 61.2 Å². The highest BCUT2D eigenvalue weighted by atomic mass is 16.5. The zero-order chi connectivity index (χ0) is 19.1. The number of hydrogen-bond donors (Lipinski definition) is 1. The number of hydrogen-bond acceptors (Lipinski definition) is 3. The van der Waals surface area contributed by atoms with Crippen molar-refractivity contribution in [2.75, 3.05) is 6.61 Å². The number of rotatable bonds is 9. The van der Waals surface area contributed by atoms with Gasteiger partial charge in [0.15, 0.2) is 0 Å². The second-order valence-corrected chi connectivity index (χ2v) is 6.29. The van der Waals surface area contributed by atoms with Gasteiger partial charge in [-0.1, -0.05) is 37.8 Å². The van der Waals surface area contributed by atoms with Crippen LogP contribution in [-0.2, 0) is 24.3 Å². The Morgan fingerprint density at radius 3 is 2.74 bits per heavy atom. The van der Waals surface area contributed by atoms with Gasteiger partial charge in [-0.3, -0.25) is 4.79 Å². The predicted molar refractivity (Wildman–Crippen MR) is 108 cm³/mol. The van der Waals surface area contributed by atoms with Gasteiger partial charge in [-0.05, 0) is 48.7 Å². The van der Waals surface area contributed by atoms with Gasteiger partial charge in [-0.2, -0.15) is 0 Å². The third kappa shape index (κ3) is 4.76. The molecular formula is C22H25N3O2. The maximum Gasteiger partial charge on any atom is 0.243 e. The molecule has 0 aliphatic carbocycles. The van der Waals surface area contributed by atoms with E-state index in [0.717, 1.165) is 42.0 Å². The molecule has 5 heteroatoms. The zero-order valence-corrected chi connectivity index (χ0v) is 15.6. The van der Waals surface area contributed by atoms with Crippen LogP contribution in [0, 0.1) is 0 Å². The van der Waals surface area contributed by atoms with Crippen LogP contribution in [0.1, 0.15) is 24.7 Å². The van der Waals surface area contributed by atoms with E-state index in [1.165, 1.54) is 11.6 Å². The number of aryl methyl sites for hydroxylation is 2. The van der Waals surface area contributed by atoms with Gasteiger partial charge in [0.05, 0.1) is 24.2 Å². The minimum atomic E-state index is -0.201. The highest BCUT2D eigenvalue weighted by Gasteiger charge is 2.10. The van der Waals surface area contributed by atoms with Crippen LogP contribution in [0.3, 0.4) is 0 Å². The van der Waals surface area contributed by atoms with Crippen molar-refractivity contribution < 1.29 is 9.53 Å². The summed E-state index contributed by atoms with van der Waals surface area (Å²) in [7, 11) is 0. The number of aromatic nitrogens is 2. The largest absolute Gasteiger partial charge is 0.494 e. The number of fused-ring (bicyclic) bond motifs is 1. The van der Waals surface area contributed by atoms with Gasteiger partial charge in [-0.15, -0.1) is 0 Å². The molecule has 3 aromatic rings. The highest BCUT2D eigenvalue weighted by molar-refractivity contribution is 5.86. The van der Waals surface area contributed by atoms with E-state index in [0.29, 0.717) is 13.2 Å². The zero-order valence-electron chi connectivity index (χ0n) is 15.6. The molecule has 1 aromatic heterocycles. The first-order chi connectivity index (χ1) is 13.2. The third-order valence-corrected chi connectivity index (χ3v) is 4.47. The van der Waals surface area contributed by atoms with Crippen LogP contribution in [-0.4, -0.2) is 22.1 Å². The molecule has 0 aliphatic rings. The average Bonchev–Trinajstić information content (AvgIpc) is 3.07. The molecule has 0 saturated heterocycles. The lowest BCUT2D eigenvalue weighted by molar-refractivity contribution is -0.116. The quantitative estimate of drug-likeness (QED) is 0.464. The van der Waals surface area contributed by atoms with Gasteiger partial charge in [0, 0.05) is 6.54 Å². The minimum absolute atomic E-state index is 0.201. The van der Waals surface area contributed by atoms with E-state index in [1.54, 1.807) is 0 Å². The summed E-state index contributed by atoms with van der Waals surface area (Å²) >= 11 is 0. The molecule has 0 radical (unpaired) electrons. The molecule has 27 heavy (non-hydrogen) atoms. The van der Waals surface area contributed by atoms with Gasteiger partial charge in [0.25, 0.3) is 0 Å². The molecule has 0 saturated carbocycles. The fraction of sp³-hybridized carbons (Fsp3) is 0.273. The van der Waals surface area contributed by atoms with E-state index in [9.17, 15) is 4.79 Å². The van der Waals surface area contributed by atoms with E-state index in [4.69, 9.17) is 4.74 Å². The van der Waals surface area contributed by atoms with Crippen molar-refractivity contribution in [3.63, 3.8) is 0 Å². The monoisotopic (exact) mass is 363 g/mol. The topological polar surface area (TPSA) is 56.2 Å². The number of carbonyl (C=O) groups excluding carboxylic acids is 1. The lowest BCUT2D eigenvalue weighted by atomic mass is 10.2. The van der Waals surface area contributed by atoms with Crippen LogP contribution in [0.2, 0.25) is 0 Å². The Hall–Kier alpha value is -3.08. The van der Waals surface area contributed by atoms with Crippen molar-refractivity contribution in [1.29, 1.82) is 0 Å². The fourth-order valence-electron chi connectivity index (χ4n) is 2.98. The summed E-state index contributed by atoms with van der Waals surface area (Å²) in [5, 5.41) is 2.81. The van der Waals surface area contributed by atoms with Crippen LogP contribution in [0.4, 0.5) is 0 Å². The predicted octanol–water partition coefficient (Wildman–Crippen LogP) is 3.87. The molecule has 5 nitrogen and oxygen atoms in total. The summed E-state index contributed by atoms with van der Waals surface area (Å²) < 4.78 is 8.00. The molecule has 0 bridgehead atoms. The van der Waals surface area contributed by atoms with Crippen molar-refractivity contribution in [3.8, 4) is 5.75 Å². The third-order valence-electron chi connectivity index (χ3n) is 4.47. The van der Waals surface area contributed by atoms with Gasteiger partial charge >= 0.3 is 0 Å². The Morgan fingerprint density at radius 1 is 1.22 bits per heavy atom. The van der Waals surface area contributed by atoms with Crippen molar-refractivity contribution in [2.45, 2.75) is 32.9 Å². The standard InChI is InChI=1S/C22H25N3O2/c1-3-17-10-12-18(13-11-17)27-15-7-14-25-20-9-6-5-8-19(20)24-21(25)16-23-22(26)4-2/h4-6,8-13H,2-3,7,14-16H2,1H3,(H,23,26). The van der Waals surface area contributed by atoms with Gasteiger partial charge in [-0.25, -0.2) is 4.98 Å². The van der Waals surface area contributed by atoms with Crippen molar-refractivity contribution in [3.05, 3.63) is 72.6 Å². The van der Waals surface area contributed by atoms with Gasteiger partial charge in [0.1, 0.15) is 11.6 Å². The number of nitrogens with one attached hydrogen (secondary N) is 1. The molecule has 1 amide bonds. The number of benzene rings is 2. The fourth-order valence-corrected chi connectivity index (χ4v) is 2.98. The number of carbonyl (C=O) groups is 1. The Bertz CT molecular complexity index is 913. The van der Waals surface area contributed by atoms with Crippen LogP contribution in [0.5, 0.6) is 5.75 Å². The van der Waals surface area contributed by atoms with E-state index in [-0.39, 0.29) is 5.91 Å². The maximum atomic E-state index is 11.5. The molecular weight excluding hydrogens is 338 g/mol. The lowest BCUT2D eigenvalue weighted by Gasteiger charge is -2.11. The van der Waals surface area contributed by atoms with E-state index < -0.39 is 0 Å². The average molecular weight is 363 g/mol. The molecule has 1 heterocycles. The van der Waals surface area contributed by atoms with Crippen LogP contribution >= 0.6 is 0 Å². The summed E-state index contributed by atoms with van der Waals surface area (Å²) in [6.07, 6.45) is 3.14. The molecule has 2 aromatic carbocycles. The Morgan fingerprint density at radius 2 is 2.00 bits per heavy atom.